The van der Waals surface area contributed by atoms with Crippen LogP contribution in [0.15, 0.2) is 42.5 Å². The topological polar surface area (TPSA) is 558 Å². The van der Waals surface area contributed by atoms with Gasteiger partial charge in [0.1, 0.15) is 103 Å². The molecule has 3 aromatic carbocycles. The van der Waals surface area contributed by atoms with Crippen LogP contribution in [0.2, 0.25) is 0 Å². The van der Waals surface area contributed by atoms with E-state index in [1.165, 1.54) is 56.5 Å². The molecule has 18 atom stereocenters. The van der Waals surface area contributed by atoms with E-state index in [-0.39, 0.29) is 40.1 Å². The van der Waals surface area contributed by atoms with E-state index in [2.05, 4.69) is 21.3 Å². The number of phenols is 2. The third-order valence-corrected chi connectivity index (χ3v) is 15.8. The number of fused-ring (bicyclic) bond motifs is 3. The number of phenolic OH excluding ortho intramolecular Hbond substituents is 2. The van der Waals surface area contributed by atoms with E-state index in [9.17, 15) is 110 Å². The van der Waals surface area contributed by atoms with Gasteiger partial charge in [0.15, 0.2) is 30.3 Å². The van der Waals surface area contributed by atoms with Crippen molar-refractivity contribution in [2.75, 3.05) is 32.2 Å². The molecule has 91 heavy (non-hydrogen) atoms. The van der Waals surface area contributed by atoms with Crippen molar-refractivity contribution in [2.24, 2.45) is 5.73 Å². The third-order valence-electron chi connectivity index (χ3n) is 15.8. The lowest BCUT2D eigenvalue weighted by Crippen LogP contribution is -2.62. The molecule has 2 aliphatic carbocycles. The first kappa shape index (κ1) is 70.5. The van der Waals surface area contributed by atoms with Gasteiger partial charge >= 0.3 is 6.09 Å². The summed E-state index contributed by atoms with van der Waals surface area (Å²) in [5.41, 5.74) is 1.12. The summed E-state index contributed by atoms with van der Waals surface area (Å²) >= 11 is 0. The minimum Gasteiger partial charge on any atom is -0.507 e. The van der Waals surface area contributed by atoms with Crippen molar-refractivity contribution >= 4 is 58.7 Å². The number of carbonyl (C=O) groups is 9. The summed E-state index contributed by atoms with van der Waals surface area (Å²) in [6, 6.07) is 3.80. The molecule has 34 nitrogen and oxygen atoms in total. The van der Waals surface area contributed by atoms with E-state index < -0.39 is 231 Å². The summed E-state index contributed by atoms with van der Waals surface area (Å²) in [4.78, 5) is 119. The lowest BCUT2D eigenvalue weighted by Gasteiger charge is -2.42. The van der Waals surface area contributed by atoms with Crippen LogP contribution in [0.4, 0.5) is 10.5 Å². The van der Waals surface area contributed by atoms with E-state index in [1.54, 1.807) is 0 Å². The number of Topliss-reactive ketones (excluding diaryl/α,β-unsaturated/α-hetero) is 1. The first-order valence-electron chi connectivity index (χ1n) is 28.3. The molecule has 2 fully saturated rings. The Hall–Kier alpha value is -7.91. The molecule has 0 radical (unpaired) electrons. The number of amides is 6. The van der Waals surface area contributed by atoms with E-state index in [0.717, 1.165) is 13.8 Å². The zero-order valence-electron chi connectivity index (χ0n) is 49.0. The van der Waals surface area contributed by atoms with Crippen molar-refractivity contribution in [1.29, 1.82) is 0 Å². The highest BCUT2D eigenvalue weighted by Gasteiger charge is 2.52. The van der Waals surface area contributed by atoms with E-state index >= 15 is 0 Å². The average molecular weight is 1290 g/mol. The lowest BCUT2D eigenvalue weighted by atomic mass is 9.72. The van der Waals surface area contributed by atoms with Crippen molar-refractivity contribution in [1.82, 2.24) is 21.3 Å². The van der Waals surface area contributed by atoms with Crippen LogP contribution in [-0.2, 0) is 65.5 Å². The molecule has 0 spiro atoms. The largest absolute Gasteiger partial charge is 0.507 e. The summed E-state index contributed by atoms with van der Waals surface area (Å²) in [7, 11) is 1.26. The number of nitrogens with two attached hydrogens (primary N) is 1. The van der Waals surface area contributed by atoms with Crippen LogP contribution in [0.5, 0.6) is 17.2 Å². The predicted octanol–water partition coefficient (Wildman–Crippen LogP) is -6.46. The van der Waals surface area contributed by atoms with Gasteiger partial charge in [0.05, 0.1) is 61.7 Å². The molecule has 20 N–H and O–H groups in total. The van der Waals surface area contributed by atoms with Crippen LogP contribution in [0.25, 0.3) is 0 Å². The summed E-state index contributed by atoms with van der Waals surface area (Å²) in [5, 5.41) is 149. The number of methoxy groups -OCH3 is 1. The van der Waals surface area contributed by atoms with Gasteiger partial charge in [0.2, 0.25) is 29.4 Å². The Morgan fingerprint density at radius 2 is 1.42 bits per heavy atom. The summed E-state index contributed by atoms with van der Waals surface area (Å²) in [5.74, 6) is -10.2. The Bertz CT molecular complexity index is 3240. The average Bonchev–Trinajstić information content (AvgIpc) is 0.715. The minimum absolute atomic E-state index is 0.00783. The molecule has 34 heteroatoms. The molecular weight excluding hydrogens is 1220 g/mol. The normalized spacial score (nSPS) is 26.7. The Balaban J connectivity index is 0.921. The number of carbonyl (C=O) groups excluding carboxylic acids is 9. The third kappa shape index (κ3) is 15.4. The number of aliphatic hydroxyl groups excluding tert-OH is 10. The molecule has 0 aromatic heterocycles. The van der Waals surface area contributed by atoms with Gasteiger partial charge in [0, 0.05) is 41.6 Å². The molecule has 2 saturated heterocycles. The maximum atomic E-state index is 14.1. The molecular formula is C57H72N6O28. The predicted molar refractivity (Wildman–Crippen MR) is 301 cm³/mol. The minimum atomic E-state index is -2.54. The Morgan fingerprint density at radius 1 is 0.780 bits per heavy atom. The second kappa shape index (κ2) is 29.6. The Morgan fingerprint density at radius 3 is 2.03 bits per heavy atom. The van der Waals surface area contributed by atoms with Gasteiger partial charge in [-0.1, -0.05) is 24.3 Å². The number of aromatic hydroxyl groups is 2. The quantitative estimate of drug-likeness (QED) is 0.0274. The van der Waals surface area contributed by atoms with Crippen molar-refractivity contribution in [3.8, 4) is 17.2 Å². The molecule has 0 saturated carbocycles. The molecule has 6 amide bonds. The molecule has 2 aliphatic heterocycles. The van der Waals surface area contributed by atoms with Gasteiger partial charge in [-0.15, -0.1) is 0 Å². The number of hydrogen-bond acceptors (Lipinski definition) is 28. The number of hydrogen-bond donors (Lipinski definition) is 19. The summed E-state index contributed by atoms with van der Waals surface area (Å²) < 4.78 is 33.3. The standard InChI is InChI=1S/C57H72N6O28/c1-20(60-54(83)48(78)47(77)50(29(67)16-64)91-55-49(79)46(76)43(73)32(17-65)90-55)51(80)59-21(2)52(81)62-28(12-34(58)69)53(82)61-24-10-8-23(9-11-24)19-87-56(84)63-27-13-35(88-22(3)40(27)70)89-31-15-57(85,33(68)18-66)14-26-37(31)45(75)39-38(42(26)72)41(71)25-6-5-7-30(86-4)36(25)44(39)74/h5-11,20-22,27-29,31-32,35,40,43,46-50,55,64-67,70,72-73,75-79,85H,12-19H2,1-4H3,(H2,58,69)(H,59,80)(H,60,83)(H,61,82)(H,62,81)(H,63,84)/t20?,21?,22-,27-,28?,29+,31?,32+,35-,40+,43-,46-,47-,48+,49+,50-,55-,57+/m0/s1. The Kier molecular flexibility index (Phi) is 22.9. The molecule has 4 aliphatic rings. The first-order valence-corrected chi connectivity index (χ1v) is 28.3. The highest BCUT2D eigenvalue weighted by atomic mass is 16.7. The monoisotopic (exact) mass is 1290 g/mol. The van der Waals surface area contributed by atoms with Crippen molar-refractivity contribution < 1.29 is 138 Å². The van der Waals surface area contributed by atoms with Gasteiger partial charge in [-0.3, -0.25) is 38.4 Å². The number of aliphatic hydroxyl groups is 11. The fourth-order valence-electron chi connectivity index (χ4n) is 10.8. The van der Waals surface area contributed by atoms with Gasteiger partial charge < -0.3 is 127 Å². The summed E-state index contributed by atoms with van der Waals surface area (Å²) in [6.45, 7) is 0.0450. The number of ether oxygens (including phenoxy) is 6. The second-order valence-electron chi connectivity index (χ2n) is 22.2. The van der Waals surface area contributed by atoms with Crippen LogP contribution in [-0.4, -0.2) is 250 Å². The van der Waals surface area contributed by atoms with E-state index in [4.69, 9.17) is 34.2 Å². The van der Waals surface area contributed by atoms with Gasteiger partial charge in [0.25, 0.3) is 5.91 Å². The molecule has 0 bridgehead atoms. The maximum absolute atomic E-state index is 14.1. The van der Waals surface area contributed by atoms with Crippen LogP contribution in [0.1, 0.15) is 94.7 Å². The van der Waals surface area contributed by atoms with Crippen molar-refractivity contribution in [3.05, 3.63) is 81.4 Å². The highest BCUT2D eigenvalue weighted by Crippen LogP contribution is 2.52. The number of anilines is 1. The highest BCUT2D eigenvalue weighted by molar-refractivity contribution is 6.31. The van der Waals surface area contributed by atoms with E-state index in [0.29, 0.717) is 5.56 Å². The number of rotatable bonds is 25. The van der Waals surface area contributed by atoms with Gasteiger partial charge in [-0.25, -0.2) is 4.79 Å². The smallest absolute Gasteiger partial charge is 0.407 e. The maximum Gasteiger partial charge on any atom is 0.407 e. The number of alkyl carbamates (subject to hydrolysis) is 1. The number of ketones is 3. The van der Waals surface area contributed by atoms with Crippen LogP contribution in [0.3, 0.4) is 0 Å². The fourth-order valence-corrected chi connectivity index (χ4v) is 10.8. The van der Waals surface area contributed by atoms with Crippen LogP contribution in [0, 0.1) is 0 Å². The van der Waals surface area contributed by atoms with Crippen LogP contribution >= 0.6 is 0 Å². The number of primary amides is 1. The molecule has 7 rings (SSSR count). The zero-order valence-corrected chi connectivity index (χ0v) is 49.0. The SMILES string of the molecule is COc1cccc2c1C(=O)c1c(O)c3c(c(O)c1C2=O)C[C@](O)(C(=O)CO)CC3O[C@H]1C[C@H](NC(=O)OCc2ccc(NC(=O)C(CC(N)=O)NC(=O)C(C)NC(=O)C(C)NC(=O)[C@H](O)[C@H](O)[C@@H](O[C@@H]3O[C@H](CO)[C@H](O)[C@H](O)[C@H]3O)[C@H](O)CO)cc2)[C@H](O)[C@H](C)O1. The molecule has 2 heterocycles. The Labute approximate surface area is 515 Å². The van der Waals surface area contributed by atoms with Crippen molar-refractivity contribution in [3.63, 3.8) is 0 Å². The number of nitrogens with one attached hydrogen (secondary N) is 5. The van der Waals surface area contributed by atoms with Gasteiger partial charge in [-0.2, -0.15) is 0 Å². The molecule has 4 unspecified atom stereocenters. The first-order chi connectivity index (χ1) is 42.9. The fraction of sp³-hybridized carbons (Fsp3) is 0.526. The molecule has 3 aromatic rings. The van der Waals surface area contributed by atoms with E-state index in [1.807, 2.05) is 5.32 Å². The summed E-state index contributed by atoms with van der Waals surface area (Å²) in [6.07, 6.45) is -27.7. The zero-order chi connectivity index (χ0) is 67.2. The van der Waals surface area contributed by atoms with Crippen molar-refractivity contribution in [2.45, 2.75) is 163 Å². The lowest BCUT2D eigenvalue weighted by molar-refractivity contribution is -0.326. The molecule has 498 valence electrons. The van der Waals surface area contributed by atoms with Crippen LogP contribution < -0.4 is 37.1 Å². The van der Waals surface area contributed by atoms with Gasteiger partial charge in [-0.05, 0) is 44.5 Å². The second-order valence-corrected chi connectivity index (χ2v) is 22.2. The number of benzene rings is 3.